The maximum absolute atomic E-state index is 14.5. The van der Waals surface area contributed by atoms with Crippen molar-refractivity contribution < 1.29 is 67.0 Å². The molecule has 15 heteroatoms. The molecule has 0 heterocycles. The van der Waals surface area contributed by atoms with E-state index in [1.165, 1.54) is 0 Å². The molecular formula is C16H7F13O2. The van der Waals surface area contributed by atoms with Crippen LogP contribution < -0.4 is 0 Å². The Balaban J connectivity index is 2.73. The van der Waals surface area contributed by atoms with Crippen molar-refractivity contribution in [2.24, 2.45) is 0 Å². The van der Waals surface area contributed by atoms with Crippen LogP contribution in [0.4, 0.5) is 57.1 Å². The number of carbonyl (C=O) groups is 1. The highest BCUT2D eigenvalue weighted by molar-refractivity contribution is 6.07. The summed E-state index contributed by atoms with van der Waals surface area (Å²) in [4.78, 5) is 11.6. The zero-order chi connectivity index (χ0) is 24.5. The SMILES string of the molecule is O=C1C=CC(O)(C(F)(F)C(F)(F)C(F)(F)C(F)(F)C(F)(F)C(F)(F)F)c2ccccc21. The molecule has 0 bridgehead atoms. The summed E-state index contributed by atoms with van der Waals surface area (Å²) in [6.07, 6.45) is -8.04. The van der Waals surface area contributed by atoms with Gasteiger partial charge in [-0.1, -0.05) is 24.3 Å². The van der Waals surface area contributed by atoms with Gasteiger partial charge < -0.3 is 5.11 Å². The van der Waals surface area contributed by atoms with Crippen LogP contribution in [0, 0.1) is 0 Å². The van der Waals surface area contributed by atoms with E-state index < -0.39 is 64.4 Å². The van der Waals surface area contributed by atoms with Gasteiger partial charge in [0.2, 0.25) is 0 Å². The predicted molar refractivity (Wildman–Crippen MR) is 74.6 cm³/mol. The fourth-order valence-electron chi connectivity index (χ4n) is 2.69. The minimum Gasteiger partial charge on any atom is -0.375 e. The van der Waals surface area contributed by atoms with Crippen molar-refractivity contribution in [3.8, 4) is 0 Å². The molecule has 1 aliphatic rings. The summed E-state index contributed by atoms with van der Waals surface area (Å²) in [6.45, 7) is 0. The van der Waals surface area contributed by atoms with Crippen LogP contribution in [0.5, 0.6) is 0 Å². The van der Waals surface area contributed by atoms with Gasteiger partial charge in [-0.15, -0.1) is 0 Å². The fraction of sp³-hybridized carbons (Fsp3) is 0.438. The van der Waals surface area contributed by atoms with E-state index in [2.05, 4.69) is 0 Å². The number of alkyl halides is 13. The predicted octanol–water partition coefficient (Wildman–Crippen LogP) is 5.37. The number of benzene rings is 1. The van der Waals surface area contributed by atoms with Gasteiger partial charge in [0.25, 0.3) is 0 Å². The van der Waals surface area contributed by atoms with E-state index in [0.717, 1.165) is 12.1 Å². The van der Waals surface area contributed by atoms with E-state index >= 15 is 0 Å². The molecule has 1 unspecified atom stereocenters. The normalized spacial score (nSPS) is 21.3. The molecule has 1 N–H and O–H groups in total. The Morgan fingerprint density at radius 3 is 1.61 bits per heavy atom. The van der Waals surface area contributed by atoms with Crippen LogP contribution in [0.25, 0.3) is 0 Å². The second kappa shape index (κ2) is 6.59. The summed E-state index contributed by atoms with van der Waals surface area (Å²) < 4.78 is 173. The summed E-state index contributed by atoms with van der Waals surface area (Å²) in [6, 6.07) is 2.65. The average Bonchev–Trinajstić information content (AvgIpc) is 2.63. The van der Waals surface area contributed by atoms with E-state index in [-0.39, 0.29) is 6.08 Å². The van der Waals surface area contributed by atoms with Crippen LogP contribution >= 0.6 is 0 Å². The smallest absolute Gasteiger partial charge is 0.375 e. The number of allylic oxidation sites excluding steroid dienone is 1. The topological polar surface area (TPSA) is 37.3 Å². The number of aliphatic hydroxyl groups is 1. The Bertz CT molecular complexity index is 916. The minimum atomic E-state index is -8.09. The fourth-order valence-corrected chi connectivity index (χ4v) is 2.69. The molecule has 0 fully saturated rings. The van der Waals surface area contributed by atoms with Crippen LogP contribution in [0.1, 0.15) is 15.9 Å². The van der Waals surface area contributed by atoms with Gasteiger partial charge in [-0.05, 0) is 12.2 Å². The highest BCUT2D eigenvalue weighted by Gasteiger charge is 2.92. The van der Waals surface area contributed by atoms with Gasteiger partial charge in [0.15, 0.2) is 11.4 Å². The summed E-state index contributed by atoms with van der Waals surface area (Å²) in [5.74, 6) is -39.8. The molecule has 0 saturated carbocycles. The van der Waals surface area contributed by atoms with Crippen molar-refractivity contribution in [1.82, 2.24) is 0 Å². The highest BCUT2D eigenvalue weighted by Crippen LogP contribution is 2.63. The molecule has 0 aliphatic heterocycles. The minimum absolute atomic E-state index is 0.0209. The molecule has 174 valence electrons. The number of rotatable bonds is 5. The van der Waals surface area contributed by atoms with E-state index in [4.69, 9.17) is 0 Å². The molecule has 2 rings (SSSR count). The third-order valence-electron chi connectivity index (χ3n) is 4.49. The van der Waals surface area contributed by atoms with Gasteiger partial charge in [-0.2, -0.15) is 57.1 Å². The molecule has 0 spiro atoms. The van der Waals surface area contributed by atoms with E-state index in [9.17, 15) is 67.0 Å². The van der Waals surface area contributed by atoms with Crippen molar-refractivity contribution in [3.63, 3.8) is 0 Å². The summed E-state index contributed by atoms with van der Waals surface area (Å²) in [5.41, 5.74) is -7.15. The molecule has 1 aliphatic carbocycles. The zero-order valence-corrected chi connectivity index (χ0v) is 14.2. The summed E-state index contributed by atoms with van der Waals surface area (Å²) in [7, 11) is 0. The molecule has 1 aromatic carbocycles. The molecular weight excluding hydrogens is 471 g/mol. The van der Waals surface area contributed by atoms with Crippen LogP contribution in [-0.2, 0) is 5.60 Å². The molecule has 0 radical (unpaired) electrons. The Labute approximate surface area is 162 Å². The third-order valence-corrected chi connectivity index (χ3v) is 4.49. The Kier molecular flexibility index (Phi) is 5.30. The molecule has 0 aromatic heterocycles. The largest absolute Gasteiger partial charge is 0.460 e. The number of hydrogen-bond donors (Lipinski definition) is 1. The molecule has 2 nitrogen and oxygen atoms in total. The van der Waals surface area contributed by atoms with Gasteiger partial charge in [-0.3, -0.25) is 4.79 Å². The second-order valence-electron chi connectivity index (χ2n) is 6.38. The first-order valence-electron chi connectivity index (χ1n) is 7.62. The van der Waals surface area contributed by atoms with Crippen LogP contribution in [0.15, 0.2) is 36.4 Å². The molecule has 0 amide bonds. The average molecular weight is 478 g/mol. The maximum atomic E-state index is 14.5. The number of carbonyl (C=O) groups excluding carboxylic acids is 1. The lowest BCUT2D eigenvalue weighted by molar-refractivity contribution is -0.448. The van der Waals surface area contributed by atoms with Gasteiger partial charge in [0.05, 0.1) is 0 Å². The lowest BCUT2D eigenvalue weighted by atomic mass is 9.75. The van der Waals surface area contributed by atoms with Gasteiger partial charge in [0.1, 0.15) is 0 Å². The Morgan fingerprint density at radius 2 is 1.13 bits per heavy atom. The van der Waals surface area contributed by atoms with Gasteiger partial charge in [0, 0.05) is 11.1 Å². The van der Waals surface area contributed by atoms with Crippen molar-refractivity contribution in [2.75, 3.05) is 0 Å². The molecule has 31 heavy (non-hydrogen) atoms. The van der Waals surface area contributed by atoms with Crippen molar-refractivity contribution in [2.45, 2.75) is 41.4 Å². The molecule has 1 atom stereocenters. The first-order valence-corrected chi connectivity index (χ1v) is 7.62. The van der Waals surface area contributed by atoms with Crippen molar-refractivity contribution >= 4 is 5.78 Å². The van der Waals surface area contributed by atoms with Gasteiger partial charge >= 0.3 is 35.8 Å². The zero-order valence-electron chi connectivity index (χ0n) is 14.2. The summed E-state index contributed by atoms with van der Waals surface area (Å²) >= 11 is 0. The van der Waals surface area contributed by atoms with E-state index in [1.807, 2.05) is 0 Å². The van der Waals surface area contributed by atoms with Crippen molar-refractivity contribution in [1.29, 1.82) is 0 Å². The Morgan fingerprint density at radius 1 is 0.677 bits per heavy atom. The highest BCUT2D eigenvalue weighted by atomic mass is 19.4. The van der Waals surface area contributed by atoms with Gasteiger partial charge in [-0.25, -0.2) is 0 Å². The number of ketones is 1. The lowest BCUT2D eigenvalue weighted by Crippen LogP contribution is -2.73. The standard InChI is InChI=1S/C16H7F13O2/c17-11(18,10(31)6-5-9(30)7-3-1-2-4-8(7)10)12(19,20)13(21,22)14(23,24)15(25,26)16(27,28)29/h1-6,31H. The second-order valence-corrected chi connectivity index (χ2v) is 6.38. The first-order chi connectivity index (χ1) is 13.6. The Hall–Kier alpha value is -2.32. The summed E-state index contributed by atoms with van der Waals surface area (Å²) in [5, 5.41) is 10.0. The molecule has 1 aromatic rings. The molecule has 0 saturated heterocycles. The number of fused-ring (bicyclic) bond motifs is 1. The van der Waals surface area contributed by atoms with Crippen LogP contribution in [0.2, 0.25) is 0 Å². The quantitative estimate of drug-likeness (QED) is 0.579. The van der Waals surface area contributed by atoms with E-state index in [1.54, 1.807) is 0 Å². The van der Waals surface area contributed by atoms with E-state index in [0.29, 0.717) is 12.1 Å². The number of halogens is 13. The lowest BCUT2D eigenvalue weighted by Gasteiger charge is -2.45. The van der Waals surface area contributed by atoms with Crippen molar-refractivity contribution in [3.05, 3.63) is 47.5 Å². The monoisotopic (exact) mass is 478 g/mol. The first kappa shape index (κ1) is 24.9. The van der Waals surface area contributed by atoms with Crippen LogP contribution in [-0.4, -0.2) is 46.7 Å². The van der Waals surface area contributed by atoms with Crippen LogP contribution in [0.3, 0.4) is 0 Å². The maximum Gasteiger partial charge on any atom is 0.460 e. The third kappa shape index (κ3) is 2.95. The number of hydrogen-bond acceptors (Lipinski definition) is 2.